The van der Waals surface area contributed by atoms with Gasteiger partial charge in [-0.2, -0.15) is 0 Å². The van der Waals surface area contributed by atoms with Crippen LogP contribution >= 0.6 is 7.60 Å². The molecule has 1 unspecified atom stereocenters. The molecule has 1 aromatic carbocycles. The zero-order chi connectivity index (χ0) is 27.7. The number of amides is 2. The van der Waals surface area contributed by atoms with Crippen LogP contribution < -0.4 is 0 Å². The minimum atomic E-state index is -3.95. The summed E-state index contributed by atoms with van der Waals surface area (Å²) in [6, 6.07) is 8.73. The highest BCUT2D eigenvalue weighted by molar-refractivity contribution is 7.51. The van der Waals surface area contributed by atoms with Crippen molar-refractivity contribution in [1.29, 1.82) is 0 Å². The van der Waals surface area contributed by atoms with Crippen molar-refractivity contribution in [1.82, 2.24) is 34.3 Å². The molecule has 5 rings (SSSR count). The molecule has 0 aliphatic carbocycles. The fraction of sp³-hybridized carbons (Fsp3) is 0.250. The molecule has 1 aliphatic rings. The van der Waals surface area contributed by atoms with Gasteiger partial charge in [0.15, 0.2) is 11.6 Å². The number of halogens is 1. The standard InChI is InChI=1S/C24H23FN7O6P/c1-39(36,37)38-15-31-14-17(19-18(25)13-26-22(20(19)31)32-8-7-27-28-32)21(33)24(35)30-11-9-29(10-12-30)23(34)16-5-3-2-4-6-16/h2-8,13-14H,9-12,15H2,1H3,(H,36,37). The maximum atomic E-state index is 15.1. The van der Waals surface area contributed by atoms with Gasteiger partial charge in [-0.15, -0.1) is 5.10 Å². The third-order valence-electron chi connectivity index (χ3n) is 6.22. The average Bonchev–Trinajstić information content (AvgIpc) is 3.61. The molecule has 0 radical (unpaired) electrons. The van der Waals surface area contributed by atoms with Gasteiger partial charge in [0.05, 0.1) is 35.1 Å². The number of Topliss-reactive ketones (excluding diaryl/α,β-unsaturated/α-hetero) is 1. The highest BCUT2D eigenvalue weighted by atomic mass is 31.2. The van der Waals surface area contributed by atoms with Crippen LogP contribution in [0.25, 0.3) is 16.7 Å². The molecule has 13 nitrogen and oxygen atoms in total. The molecule has 1 fully saturated rings. The summed E-state index contributed by atoms with van der Waals surface area (Å²) in [4.78, 5) is 55.9. The number of nitrogens with zero attached hydrogens (tertiary/aromatic N) is 7. The van der Waals surface area contributed by atoms with E-state index in [4.69, 9.17) is 4.52 Å². The molecule has 4 heterocycles. The molecule has 0 saturated carbocycles. The van der Waals surface area contributed by atoms with Crippen molar-refractivity contribution in [3.05, 3.63) is 72.1 Å². The minimum Gasteiger partial charge on any atom is -0.335 e. The third-order valence-corrected chi connectivity index (χ3v) is 6.81. The van der Waals surface area contributed by atoms with E-state index < -0.39 is 31.8 Å². The lowest BCUT2D eigenvalue weighted by Gasteiger charge is -2.34. The van der Waals surface area contributed by atoms with Crippen molar-refractivity contribution in [3.63, 3.8) is 0 Å². The fourth-order valence-corrected chi connectivity index (χ4v) is 4.69. The first-order chi connectivity index (χ1) is 18.6. The SMILES string of the molecule is CP(=O)(O)OCn1cc(C(=O)C(=O)N2CCN(C(=O)c3ccccc3)CC2)c2c(F)cnc(-n3ccnn3)c21. The summed E-state index contributed by atoms with van der Waals surface area (Å²) >= 11 is 0. The zero-order valence-corrected chi connectivity index (χ0v) is 21.6. The Hall–Kier alpha value is -4.26. The van der Waals surface area contributed by atoms with E-state index in [0.29, 0.717) is 5.56 Å². The van der Waals surface area contributed by atoms with E-state index in [1.807, 2.05) is 0 Å². The van der Waals surface area contributed by atoms with Crippen molar-refractivity contribution in [2.75, 3.05) is 32.8 Å². The van der Waals surface area contributed by atoms with Crippen LogP contribution in [0.15, 0.2) is 55.1 Å². The van der Waals surface area contributed by atoms with Gasteiger partial charge in [-0.1, -0.05) is 23.4 Å². The average molecular weight is 555 g/mol. The second kappa shape index (κ2) is 10.5. The van der Waals surface area contributed by atoms with Crippen molar-refractivity contribution < 1.29 is 32.8 Å². The quantitative estimate of drug-likeness (QED) is 0.204. The normalized spacial score (nSPS) is 15.4. The van der Waals surface area contributed by atoms with Crippen LogP contribution in [0.4, 0.5) is 4.39 Å². The molecule has 1 atom stereocenters. The van der Waals surface area contributed by atoms with Crippen molar-refractivity contribution in [3.8, 4) is 5.82 Å². The van der Waals surface area contributed by atoms with Gasteiger partial charge in [0, 0.05) is 44.6 Å². The molecule has 0 bridgehead atoms. The largest absolute Gasteiger partial charge is 0.335 e. The van der Waals surface area contributed by atoms with Crippen molar-refractivity contribution >= 4 is 36.1 Å². The van der Waals surface area contributed by atoms with Crippen LogP contribution in [0.2, 0.25) is 0 Å². The molecular formula is C24H23FN7O6P. The lowest BCUT2D eigenvalue weighted by molar-refractivity contribution is -0.127. The monoisotopic (exact) mass is 555 g/mol. The molecule has 39 heavy (non-hydrogen) atoms. The van der Waals surface area contributed by atoms with Gasteiger partial charge in [-0.25, -0.2) is 14.1 Å². The number of aromatic nitrogens is 5. The fourth-order valence-electron chi connectivity index (χ4n) is 4.35. The summed E-state index contributed by atoms with van der Waals surface area (Å²) < 4.78 is 34.4. The van der Waals surface area contributed by atoms with Crippen LogP contribution in [-0.2, 0) is 20.6 Å². The Morgan fingerprint density at radius 3 is 2.44 bits per heavy atom. The molecule has 2 amide bonds. The van der Waals surface area contributed by atoms with E-state index in [1.54, 1.807) is 35.2 Å². The van der Waals surface area contributed by atoms with Crippen LogP contribution in [0, 0.1) is 5.82 Å². The predicted molar refractivity (Wildman–Crippen MR) is 135 cm³/mol. The first-order valence-corrected chi connectivity index (χ1v) is 13.8. The molecule has 1 N–H and O–H groups in total. The van der Waals surface area contributed by atoms with E-state index in [-0.39, 0.29) is 54.4 Å². The summed E-state index contributed by atoms with van der Waals surface area (Å²) in [5.41, 5.74) is 0.269. The third kappa shape index (κ3) is 5.35. The Morgan fingerprint density at radius 2 is 1.79 bits per heavy atom. The first-order valence-electron chi connectivity index (χ1n) is 11.8. The number of pyridine rings is 1. The Balaban J connectivity index is 1.43. The van der Waals surface area contributed by atoms with Crippen LogP contribution in [-0.4, -0.2) is 89.7 Å². The van der Waals surface area contributed by atoms with Gasteiger partial charge in [0.1, 0.15) is 6.73 Å². The number of fused-ring (bicyclic) bond motifs is 1. The second-order valence-corrected chi connectivity index (χ2v) is 10.7. The second-order valence-electron chi connectivity index (χ2n) is 8.85. The summed E-state index contributed by atoms with van der Waals surface area (Å²) in [6.45, 7) is 1.12. The van der Waals surface area contributed by atoms with Gasteiger partial charge in [-0.05, 0) is 12.1 Å². The van der Waals surface area contributed by atoms with Gasteiger partial charge < -0.3 is 19.3 Å². The molecule has 0 spiro atoms. The molecule has 1 saturated heterocycles. The smallest absolute Gasteiger partial charge is 0.326 e. The molecular weight excluding hydrogens is 532 g/mol. The Labute approximate surface area is 220 Å². The Morgan fingerprint density at radius 1 is 1.10 bits per heavy atom. The number of benzene rings is 1. The van der Waals surface area contributed by atoms with Crippen LogP contribution in [0.5, 0.6) is 0 Å². The zero-order valence-electron chi connectivity index (χ0n) is 20.7. The number of carbonyl (C=O) groups is 3. The maximum absolute atomic E-state index is 15.1. The number of carbonyl (C=O) groups excluding carboxylic acids is 3. The number of rotatable bonds is 7. The molecule has 4 aromatic rings. The summed E-state index contributed by atoms with van der Waals surface area (Å²) in [6.07, 6.45) is 4.88. The van der Waals surface area contributed by atoms with E-state index in [9.17, 15) is 23.8 Å². The molecule has 202 valence electrons. The molecule has 3 aromatic heterocycles. The molecule has 1 aliphatic heterocycles. The van der Waals surface area contributed by atoms with Crippen molar-refractivity contribution in [2.24, 2.45) is 0 Å². The Kier molecular flexibility index (Phi) is 7.08. The summed E-state index contributed by atoms with van der Waals surface area (Å²) in [5, 5.41) is 7.34. The summed E-state index contributed by atoms with van der Waals surface area (Å²) in [5.74, 6) is -2.85. The van der Waals surface area contributed by atoms with E-state index in [0.717, 1.165) is 12.9 Å². The van der Waals surface area contributed by atoms with E-state index in [2.05, 4.69) is 15.3 Å². The van der Waals surface area contributed by atoms with Gasteiger partial charge in [-0.3, -0.25) is 23.5 Å². The first kappa shape index (κ1) is 26.4. The highest BCUT2D eigenvalue weighted by Crippen LogP contribution is 2.38. The summed E-state index contributed by atoms with van der Waals surface area (Å²) in [7, 11) is -3.95. The lowest BCUT2D eigenvalue weighted by atomic mass is 10.1. The van der Waals surface area contributed by atoms with Gasteiger partial charge in [0.2, 0.25) is 0 Å². The minimum absolute atomic E-state index is 0.0170. The van der Waals surface area contributed by atoms with Gasteiger partial charge in [0.25, 0.3) is 17.6 Å². The van der Waals surface area contributed by atoms with E-state index >= 15 is 4.39 Å². The van der Waals surface area contributed by atoms with E-state index in [1.165, 1.54) is 32.7 Å². The number of piperazine rings is 1. The number of hydrogen-bond acceptors (Lipinski definition) is 8. The number of hydrogen-bond donors (Lipinski definition) is 1. The van der Waals surface area contributed by atoms with Crippen molar-refractivity contribution in [2.45, 2.75) is 6.73 Å². The maximum Gasteiger partial charge on any atom is 0.326 e. The predicted octanol–water partition coefficient (Wildman–Crippen LogP) is 1.71. The van der Waals surface area contributed by atoms with Crippen LogP contribution in [0.3, 0.4) is 0 Å². The lowest BCUT2D eigenvalue weighted by Crippen LogP contribution is -2.52. The Bertz CT molecular complexity index is 1590. The molecule has 15 heteroatoms. The topological polar surface area (TPSA) is 153 Å². The number of ketones is 1. The van der Waals surface area contributed by atoms with Crippen LogP contribution in [0.1, 0.15) is 20.7 Å². The highest BCUT2D eigenvalue weighted by Gasteiger charge is 2.32. The van der Waals surface area contributed by atoms with Gasteiger partial charge >= 0.3 is 7.60 Å².